The molecule has 0 rings (SSSR count). The molecule has 0 aliphatic heterocycles. The van der Waals surface area contributed by atoms with Crippen molar-refractivity contribution in [3.63, 3.8) is 0 Å². The summed E-state index contributed by atoms with van der Waals surface area (Å²) in [5, 5.41) is 5.89. The van der Waals surface area contributed by atoms with Gasteiger partial charge in [-0.05, 0) is 24.8 Å². The summed E-state index contributed by atoms with van der Waals surface area (Å²) in [6.07, 6.45) is -0.499. The lowest BCUT2D eigenvalue weighted by atomic mass is 9.92. The van der Waals surface area contributed by atoms with E-state index in [-0.39, 0.29) is 48.1 Å². The third-order valence-electron chi connectivity index (χ3n) is 5.05. The van der Waals surface area contributed by atoms with Crippen molar-refractivity contribution in [2.75, 3.05) is 21.2 Å². The number of hydrogen-bond acceptors (Lipinski definition) is 5. The first-order valence-corrected chi connectivity index (χ1v) is 9.94. The summed E-state index contributed by atoms with van der Waals surface area (Å²) < 4.78 is 5.47. The van der Waals surface area contributed by atoms with Crippen LogP contribution in [0.4, 0.5) is 0 Å². The molecule has 0 heterocycles. The molecule has 0 unspecified atom stereocenters. The van der Waals surface area contributed by atoms with Gasteiger partial charge in [0.2, 0.25) is 17.7 Å². The highest BCUT2D eigenvalue weighted by molar-refractivity contribution is 5.90. The zero-order valence-electron chi connectivity index (χ0n) is 18.9. The molecule has 0 spiro atoms. The lowest BCUT2D eigenvalue weighted by molar-refractivity contribution is -0.143. The fourth-order valence-electron chi connectivity index (χ4n) is 3.56. The van der Waals surface area contributed by atoms with Gasteiger partial charge in [0.25, 0.3) is 0 Å². The topological polar surface area (TPSA) is 114 Å². The van der Waals surface area contributed by atoms with Crippen LogP contribution in [-0.4, -0.2) is 68.1 Å². The highest BCUT2D eigenvalue weighted by Crippen LogP contribution is 2.20. The third kappa shape index (κ3) is 7.39. The second kappa shape index (κ2) is 12.0. The number of amides is 3. The molecule has 0 radical (unpaired) electrons. The first kappa shape index (κ1) is 26.3. The maximum atomic E-state index is 13.3. The minimum Gasteiger partial charge on any atom is -0.379 e. The monoisotopic (exact) mass is 400 g/mol. The number of nitrogens with one attached hydrogen (secondary N) is 2. The summed E-state index contributed by atoms with van der Waals surface area (Å²) in [7, 11) is 4.91. The van der Waals surface area contributed by atoms with Gasteiger partial charge in [-0.15, -0.1) is 0 Å². The molecule has 4 atom stereocenters. The van der Waals surface area contributed by atoms with E-state index in [9.17, 15) is 14.4 Å². The zero-order valence-corrected chi connectivity index (χ0v) is 18.9. The quantitative estimate of drug-likeness (QED) is 0.447. The van der Waals surface area contributed by atoms with Gasteiger partial charge in [0, 0.05) is 14.2 Å². The second-order valence-electron chi connectivity index (χ2n) is 8.37. The Balaban J connectivity index is 5.61. The first-order valence-electron chi connectivity index (χ1n) is 9.94. The van der Waals surface area contributed by atoms with Crippen LogP contribution in [0.5, 0.6) is 0 Å². The summed E-state index contributed by atoms with van der Waals surface area (Å²) in [5.74, 6) is -0.897. The van der Waals surface area contributed by atoms with E-state index in [1.54, 1.807) is 19.0 Å². The van der Waals surface area contributed by atoms with Crippen molar-refractivity contribution >= 4 is 17.7 Å². The van der Waals surface area contributed by atoms with Crippen LogP contribution in [0.3, 0.4) is 0 Å². The van der Waals surface area contributed by atoms with Gasteiger partial charge in [0.15, 0.2) is 0 Å². The van der Waals surface area contributed by atoms with Crippen LogP contribution >= 0.6 is 0 Å². The lowest BCUT2D eigenvalue weighted by Crippen LogP contribution is -2.59. The predicted molar refractivity (Wildman–Crippen MR) is 110 cm³/mol. The zero-order chi connectivity index (χ0) is 22.2. The van der Waals surface area contributed by atoms with E-state index in [4.69, 9.17) is 10.5 Å². The summed E-state index contributed by atoms with van der Waals surface area (Å²) in [6.45, 7) is 11.6. The van der Waals surface area contributed by atoms with Crippen molar-refractivity contribution in [1.29, 1.82) is 0 Å². The van der Waals surface area contributed by atoms with Gasteiger partial charge in [0.05, 0.1) is 24.6 Å². The third-order valence-corrected chi connectivity index (χ3v) is 5.05. The Hall–Kier alpha value is -1.67. The average Bonchev–Trinajstić information content (AvgIpc) is 2.57. The molecular weight excluding hydrogens is 360 g/mol. The normalized spacial score (nSPS) is 16.0. The van der Waals surface area contributed by atoms with Crippen LogP contribution in [0.25, 0.3) is 0 Å². The molecule has 0 saturated heterocycles. The van der Waals surface area contributed by atoms with Crippen LogP contribution < -0.4 is 16.4 Å². The SMILES string of the molecule is CN[C@H](C(=O)N[C@H](C(=O)N(C)[C@@H](C(C)C)[C@@H](CC(N)=O)OC)C(C)C)C(C)C. The molecule has 0 bridgehead atoms. The lowest BCUT2D eigenvalue weighted by Gasteiger charge is -2.39. The standard InChI is InChI=1S/C20H40N4O4/c1-11(2)16(22-7)19(26)23-17(12(3)4)20(27)24(8)18(13(5)6)14(28-9)10-15(21)25/h11-14,16-18,22H,10H2,1-9H3,(H2,21,25)(H,23,26)/t14-,16+,17+,18+/m1/s1. The van der Waals surface area contributed by atoms with Crippen molar-refractivity contribution in [2.24, 2.45) is 23.5 Å². The molecule has 8 heteroatoms. The van der Waals surface area contributed by atoms with Gasteiger partial charge < -0.3 is 26.0 Å². The Morgan fingerprint density at radius 1 is 0.964 bits per heavy atom. The number of carbonyl (C=O) groups excluding carboxylic acids is 3. The number of likely N-dealkylation sites (N-methyl/N-ethyl adjacent to an activating group) is 2. The molecule has 0 aromatic heterocycles. The number of nitrogens with zero attached hydrogens (tertiary/aromatic N) is 1. The number of rotatable bonds is 12. The van der Waals surface area contributed by atoms with E-state index >= 15 is 0 Å². The van der Waals surface area contributed by atoms with Crippen LogP contribution in [0.15, 0.2) is 0 Å². The smallest absolute Gasteiger partial charge is 0.245 e. The number of hydrogen-bond donors (Lipinski definition) is 3. The Bertz CT molecular complexity index is 522. The Labute approximate surface area is 169 Å². The Morgan fingerprint density at radius 2 is 1.46 bits per heavy atom. The van der Waals surface area contributed by atoms with Crippen molar-refractivity contribution in [3.8, 4) is 0 Å². The van der Waals surface area contributed by atoms with Gasteiger partial charge in [0.1, 0.15) is 6.04 Å². The van der Waals surface area contributed by atoms with Crippen molar-refractivity contribution < 1.29 is 19.1 Å². The minimum atomic E-state index is -0.681. The molecule has 28 heavy (non-hydrogen) atoms. The Kier molecular flexibility index (Phi) is 11.3. The molecule has 0 aliphatic carbocycles. The molecule has 8 nitrogen and oxygen atoms in total. The summed E-state index contributed by atoms with van der Waals surface area (Å²) in [6, 6.07) is -1.42. The van der Waals surface area contributed by atoms with E-state index in [1.165, 1.54) is 7.11 Å². The largest absolute Gasteiger partial charge is 0.379 e. The van der Waals surface area contributed by atoms with E-state index in [0.29, 0.717) is 0 Å². The summed E-state index contributed by atoms with van der Waals surface area (Å²) >= 11 is 0. The molecule has 0 aromatic carbocycles. The molecular formula is C20H40N4O4. The predicted octanol–water partition coefficient (Wildman–Crippen LogP) is 0.745. The van der Waals surface area contributed by atoms with Gasteiger partial charge in [-0.1, -0.05) is 41.5 Å². The molecule has 4 N–H and O–H groups in total. The number of carbonyl (C=O) groups is 3. The number of nitrogens with two attached hydrogens (primary N) is 1. The number of primary amides is 1. The molecule has 0 aliphatic rings. The fourth-order valence-corrected chi connectivity index (χ4v) is 3.56. The molecule has 0 aromatic rings. The van der Waals surface area contributed by atoms with Gasteiger partial charge in [-0.3, -0.25) is 14.4 Å². The minimum absolute atomic E-state index is 0.0187. The molecule has 0 fully saturated rings. The Morgan fingerprint density at radius 3 is 1.79 bits per heavy atom. The number of methoxy groups -OCH3 is 1. The fraction of sp³-hybridized carbons (Fsp3) is 0.850. The maximum absolute atomic E-state index is 13.3. The van der Waals surface area contributed by atoms with Crippen LogP contribution in [0.1, 0.15) is 48.0 Å². The van der Waals surface area contributed by atoms with Gasteiger partial charge in [-0.2, -0.15) is 0 Å². The van der Waals surface area contributed by atoms with Crippen molar-refractivity contribution in [2.45, 2.75) is 72.2 Å². The molecule has 164 valence electrons. The van der Waals surface area contributed by atoms with Crippen molar-refractivity contribution in [1.82, 2.24) is 15.5 Å². The highest BCUT2D eigenvalue weighted by atomic mass is 16.5. The van der Waals surface area contributed by atoms with E-state index in [1.807, 2.05) is 41.5 Å². The van der Waals surface area contributed by atoms with Gasteiger partial charge >= 0.3 is 0 Å². The van der Waals surface area contributed by atoms with Crippen LogP contribution in [0.2, 0.25) is 0 Å². The molecule has 3 amide bonds. The second-order valence-corrected chi connectivity index (χ2v) is 8.37. The summed E-state index contributed by atoms with van der Waals surface area (Å²) in [5.41, 5.74) is 5.35. The number of ether oxygens (including phenoxy) is 1. The maximum Gasteiger partial charge on any atom is 0.245 e. The van der Waals surface area contributed by atoms with Crippen LogP contribution in [-0.2, 0) is 19.1 Å². The van der Waals surface area contributed by atoms with E-state index < -0.39 is 18.1 Å². The summed E-state index contributed by atoms with van der Waals surface area (Å²) in [4.78, 5) is 38.9. The van der Waals surface area contributed by atoms with E-state index in [0.717, 1.165) is 0 Å². The van der Waals surface area contributed by atoms with Crippen molar-refractivity contribution in [3.05, 3.63) is 0 Å². The van der Waals surface area contributed by atoms with E-state index in [2.05, 4.69) is 10.6 Å². The first-order chi connectivity index (χ1) is 12.9. The average molecular weight is 401 g/mol. The molecule has 0 saturated carbocycles. The van der Waals surface area contributed by atoms with Gasteiger partial charge in [-0.25, -0.2) is 0 Å². The highest BCUT2D eigenvalue weighted by Gasteiger charge is 2.37. The van der Waals surface area contributed by atoms with Crippen LogP contribution in [0, 0.1) is 17.8 Å².